The van der Waals surface area contributed by atoms with Gasteiger partial charge < -0.3 is 25.8 Å². The van der Waals surface area contributed by atoms with Crippen molar-refractivity contribution in [3.05, 3.63) is 66.2 Å². The van der Waals surface area contributed by atoms with Crippen molar-refractivity contribution < 1.29 is 19.2 Å². The average Bonchev–Trinajstić information content (AvgIpc) is 3.20. The van der Waals surface area contributed by atoms with Crippen molar-refractivity contribution in [2.75, 3.05) is 24.5 Å². The first-order valence-electron chi connectivity index (χ1n) is 14.4. The molecule has 3 aliphatic rings. The van der Waals surface area contributed by atoms with Crippen LogP contribution in [0.25, 0.3) is 0 Å². The van der Waals surface area contributed by atoms with Crippen molar-refractivity contribution in [3.8, 4) is 0 Å². The van der Waals surface area contributed by atoms with Crippen LogP contribution >= 0.6 is 0 Å². The zero-order valence-corrected chi connectivity index (χ0v) is 23.0. The van der Waals surface area contributed by atoms with E-state index in [-0.39, 0.29) is 30.3 Å². The van der Waals surface area contributed by atoms with Crippen LogP contribution in [-0.4, -0.2) is 70.8 Å². The Morgan fingerprint density at radius 1 is 0.900 bits per heavy atom. The second kappa shape index (κ2) is 12.1. The maximum absolute atomic E-state index is 14.2. The molecule has 1 saturated carbocycles. The number of carbonyl (C=O) groups is 4. The van der Waals surface area contributed by atoms with E-state index in [1.807, 2.05) is 65.6 Å². The zero-order chi connectivity index (χ0) is 28.1. The molecule has 40 heavy (non-hydrogen) atoms. The Balaban J connectivity index is 1.35. The van der Waals surface area contributed by atoms with E-state index in [4.69, 9.17) is 5.73 Å². The number of aryl methyl sites for hydroxylation is 1. The minimum atomic E-state index is -1.09. The lowest BCUT2D eigenvalue weighted by atomic mass is 9.85. The van der Waals surface area contributed by atoms with Gasteiger partial charge in [-0.05, 0) is 49.8 Å². The number of amides is 4. The quantitative estimate of drug-likeness (QED) is 0.529. The summed E-state index contributed by atoms with van der Waals surface area (Å²) in [5, 5.41) is 3.06. The fourth-order valence-corrected chi connectivity index (χ4v) is 6.58. The molecule has 2 heterocycles. The van der Waals surface area contributed by atoms with Crippen molar-refractivity contribution >= 4 is 29.3 Å². The van der Waals surface area contributed by atoms with Crippen molar-refractivity contribution in [2.45, 2.75) is 75.5 Å². The fraction of sp³-hybridized carbons (Fsp3) is 0.484. The van der Waals surface area contributed by atoms with Gasteiger partial charge in [-0.1, -0.05) is 67.8 Å². The number of carbonyl (C=O) groups excluding carboxylic acids is 4. The Morgan fingerprint density at radius 2 is 1.52 bits per heavy atom. The van der Waals surface area contributed by atoms with E-state index < -0.39 is 17.6 Å². The molecule has 212 valence electrons. The Kier molecular flexibility index (Phi) is 8.38. The van der Waals surface area contributed by atoms with E-state index in [0.717, 1.165) is 31.2 Å². The number of likely N-dealkylation sites (tertiary alicyclic amines) is 1. The van der Waals surface area contributed by atoms with Gasteiger partial charge in [0.25, 0.3) is 11.8 Å². The van der Waals surface area contributed by atoms with Crippen LogP contribution in [0.5, 0.6) is 0 Å². The number of piperidine rings is 1. The van der Waals surface area contributed by atoms with Crippen LogP contribution < -0.4 is 16.0 Å². The monoisotopic (exact) mass is 545 g/mol. The molecule has 4 amide bonds. The molecule has 1 spiro atoms. The third kappa shape index (κ3) is 5.69. The van der Waals surface area contributed by atoms with Crippen LogP contribution in [0.1, 0.15) is 56.9 Å². The van der Waals surface area contributed by atoms with Gasteiger partial charge in [-0.3, -0.25) is 19.2 Å². The molecule has 1 atom stereocenters. The Hall–Kier alpha value is -3.88. The molecule has 9 nitrogen and oxygen atoms in total. The van der Waals surface area contributed by atoms with Crippen LogP contribution in [0.4, 0.5) is 5.69 Å². The molecule has 1 aliphatic carbocycles. The highest BCUT2D eigenvalue weighted by Gasteiger charge is 2.60. The molecule has 0 bridgehead atoms. The standard InChI is InChI=1S/C31H39N5O4/c32-28(39)29-35(22-26(37)33-24-12-6-2-7-13-24)30(40)31(36(29)25-14-8-3-9-15-25)18-20-34(21-19-31)27(38)17-16-23-10-4-1-5-11-23/h1,3-5,8-11,14-15,24,29H,2,6-7,12-13,16-22H2,(H2,32,39)(H,33,37)/t29-/m0/s1. The van der Waals surface area contributed by atoms with E-state index in [2.05, 4.69) is 5.32 Å². The summed E-state index contributed by atoms with van der Waals surface area (Å²) in [6.45, 7) is 0.542. The van der Waals surface area contributed by atoms with Gasteiger partial charge in [0.1, 0.15) is 12.1 Å². The molecule has 3 fully saturated rings. The molecule has 5 rings (SSSR count). The first-order chi connectivity index (χ1) is 19.4. The number of rotatable bonds is 8. The molecular weight excluding hydrogens is 506 g/mol. The van der Waals surface area contributed by atoms with Crippen LogP contribution in [0.3, 0.4) is 0 Å². The number of hydrogen-bond acceptors (Lipinski definition) is 5. The smallest absolute Gasteiger partial charge is 0.261 e. The Morgan fingerprint density at radius 3 is 2.15 bits per heavy atom. The molecule has 3 N–H and O–H groups in total. The summed E-state index contributed by atoms with van der Waals surface area (Å²) in [4.78, 5) is 58.2. The van der Waals surface area contributed by atoms with Gasteiger partial charge in [0.05, 0.1) is 0 Å². The predicted molar refractivity (Wildman–Crippen MR) is 152 cm³/mol. The molecule has 0 unspecified atom stereocenters. The zero-order valence-electron chi connectivity index (χ0n) is 23.0. The minimum absolute atomic E-state index is 0.0468. The van der Waals surface area contributed by atoms with Crippen molar-refractivity contribution in [3.63, 3.8) is 0 Å². The van der Waals surface area contributed by atoms with E-state index in [1.165, 1.54) is 11.3 Å². The van der Waals surface area contributed by atoms with Crippen LogP contribution in [-0.2, 0) is 25.6 Å². The maximum atomic E-state index is 14.2. The summed E-state index contributed by atoms with van der Waals surface area (Å²) >= 11 is 0. The van der Waals surface area contributed by atoms with E-state index in [1.54, 1.807) is 4.90 Å². The SMILES string of the molecule is NC(=O)[C@H]1N(CC(=O)NC2CCCCC2)C(=O)C2(CCN(C(=O)CCc3ccccc3)CC2)N1c1ccccc1. The number of hydrogen-bond donors (Lipinski definition) is 2. The number of nitrogens with two attached hydrogens (primary N) is 1. The van der Waals surface area contributed by atoms with Crippen molar-refractivity contribution in [2.24, 2.45) is 5.73 Å². The predicted octanol–water partition coefficient (Wildman–Crippen LogP) is 2.59. The second-order valence-corrected chi connectivity index (χ2v) is 11.2. The summed E-state index contributed by atoms with van der Waals surface area (Å²) in [6, 6.07) is 19.3. The average molecular weight is 546 g/mol. The summed E-state index contributed by atoms with van der Waals surface area (Å²) in [5.74, 6) is -1.19. The lowest BCUT2D eigenvalue weighted by Gasteiger charge is -2.44. The number of para-hydroxylation sites is 1. The molecule has 0 aromatic heterocycles. The highest BCUT2D eigenvalue weighted by molar-refractivity contribution is 6.03. The van der Waals surface area contributed by atoms with Gasteiger partial charge in [-0.2, -0.15) is 0 Å². The fourth-order valence-electron chi connectivity index (χ4n) is 6.58. The number of anilines is 1. The van der Waals surface area contributed by atoms with Gasteiger partial charge in [-0.15, -0.1) is 0 Å². The molecule has 9 heteroatoms. The Bertz CT molecular complexity index is 1210. The van der Waals surface area contributed by atoms with E-state index in [9.17, 15) is 19.2 Å². The van der Waals surface area contributed by atoms with Gasteiger partial charge >= 0.3 is 0 Å². The first kappa shape index (κ1) is 27.7. The van der Waals surface area contributed by atoms with E-state index >= 15 is 0 Å². The second-order valence-electron chi connectivity index (χ2n) is 11.2. The molecule has 2 aromatic rings. The molecule has 0 radical (unpaired) electrons. The maximum Gasteiger partial charge on any atom is 0.261 e. The van der Waals surface area contributed by atoms with Gasteiger partial charge in [0, 0.05) is 31.2 Å². The van der Waals surface area contributed by atoms with Gasteiger partial charge in [0.15, 0.2) is 6.17 Å². The summed E-state index contributed by atoms with van der Waals surface area (Å²) in [7, 11) is 0. The summed E-state index contributed by atoms with van der Waals surface area (Å²) < 4.78 is 0. The Labute approximate surface area is 235 Å². The molecule has 2 aromatic carbocycles. The molecule has 2 saturated heterocycles. The molecular formula is C31H39N5O4. The van der Waals surface area contributed by atoms with Crippen LogP contribution in [0.2, 0.25) is 0 Å². The number of benzene rings is 2. The highest BCUT2D eigenvalue weighted by atomic mass is 16.2. The third-order valence-electron chi connectivity index (χ3n) is 8.65. The largest absolute Gasteiger partial charge is 0.366 e. The first-order valence-corrected chi connectivity index (χ1v) is 14.4. The summed E-state index contributed by atoms with van der Waals surface area (Å²) in [5.41, 5.74) is 6.66. The number of primary amides is 1. The van der Waals surface area contributed by atoms with Crippen LogP contribution in [0, 0.1) is 0 Å². The third-order valence-corrected chi connectivity index (χ3v) is 8.65. The van der Waals surface area contributed by atoms with Gasteiger partial charge in [-0.25, -0.2) is 0 Å². The van der Waals surface area contributed by atoms with Crippen LogP contribution in [0.15, 0.2) is 60.7 Å². The lowest BCUT2D eigenvalue weighted by Crippen LogP contribution is -2.59. The van der Waals surface area contributed by atoms with Crippen molar-refractivity contribution in [1.29, 1.82) is 0 Å². The topological polar surface area (TPSA) is 116 Å². The normalized spacial score (nSPS) is 21.1. The highest BCUT2D eigenvalue weighted by Crippen LogP contribution is 2.42. The molecule has 2 aliphatic heterocycles. The van der Waals surface area contributed by atoms with Crippen molar-refractivity contribution in [1.82, 2.24) is 15.1 Å². The summed E-state index contributed by atoms with van der Waals surface area (Å²) in [6.07, 6.45) is 5.82. The minimum Gasteiger partial charge on any atom is -0.366 e. The lowest BCUT2D eigenvalue weighted by molar-refractivity contribution is -0.142. The number of nitrogens with zero attached hydrogens (tertiary/aromatic N) is 3. The van der Waals surface area contributed by atoms with E-state index in [0.29, 0.717) is 44.5 Å². The van der Waals surface area contributed by atoms with Gasteiger partial charge in [0.2, 0.25) is 11.8 Å². The number of nitrogens with one attached hydrogen (secondary N) is 1.